The smallest absolute Gasteiger partial charge is 0.344 e. The Morgan fingerprint density at radius 3 is 2.52 bits per heavy atom. The first kappa shape index (κ1) is 30.9. The molecule has 2 aliphatic heterocycles. The van der Waals surface area contributed by atoms with Gasteiger partial charge in [0, 0.05) is 11.1 Å². The van der Waals surface area contributed by atoms with Gasteiger partial charge < -0.3 is 23.7 Å². The van der Waals surface area contributed by atoms with Crippen molar-refractivity contribution in [3.05, 3.63) is 127 Å². The number of esters is 2. The Hall–Kier alpha value is -5.68. The number of thiazole rings is 1. The minimum Gasteiger partial charge on any atom is -0.481 e. The summed E-state index contributed by atoms with van der Waals surface area (Å²) >= 11 is 1.19. The van der Waals surface area contributed by atoms with E-state index in [0.717, 1.165) is 10.8 Å². The zero-order valence-corrected chi connectivity index (χ0v) is 27.0. The Kier molecular flexibility index (Phi) is 8.51. The Balaban J connectivity index is 1.47. The third-order valence-electron chi connectivity index (χ3n) is 7.94. The Bertz CT molecular complexity index is 2270. The molecule has 5 aromatic rings. The molecular weight excluding hydrogens is 632 g/mol. The minimum atomic E-state index is -0.890. The second-order valence-corrected chi connectivity index (χ2v) is 11.8. The van der Waals surface area contributed by atoms with Gasteiger partial charge >= 0.3 is 11.9 Å². The van der Waals surface area contributed by atoms with Crippen molar-refractivity contribution < 1.29 is 33.3 Å². The van der Waals surface area contributed by atoms with Crippen LogP contribution in [-0.4, -0.2) is 43.1 Å². The van der Waals surface area contributed by atoms with Gasteiger partial charge in [-0.25, -0.2) is 14.6 Å². The summed E-state index contributed by atoms with van der Waals surface area (Å²) in [4.78, 5) is 45.9. The van der Waals surface area contributed by atoms with Gasteiger partial charge in [0.25, 0.3) is 5.56 Å². The lowest BCUT2D eigenvalue weighted by Gasteiger charge is -2.26. The number of benzene rings is 4. The van der Waals surface area contributed by atoms with Crippen molar-refractivity contribution in [2.24, 2.45) is 4.99 Å². The number of carbonyl (C=O) groups excluding carboxylic acids is 2. The number of nitrogens with zero attached hydrogens (tertiary/aromatic N) is 2. The van der Waals surface area contributed by atoms with Crippen molar-refractivity contribution in [2.75, 3.05) is 26.6 Å². The summed E-state index contributed by atoms with van der Waals surface area (Å²) in [6.07, 6.45) is 1.75. The molecule has 0 spiro atoms. The van der Waals surface area contributed by atoms with Crippen LogP contribution in [0.25, 0.3) is 22.5 Å². The Morgan fingerprint density at radius 2 is 1.71 bits per heavy atom. The molecule has 10 nitrogen and oxygen atoms in total. The zero-order valence-electron chi connectivity index (χ0n) is 26.1. The van der Waals surface area contributed by atoms with Gasteiger partial charge in [-0.05, 0) is 54.5 Å². The summed E-state index contributed by atoms with van der Waals surface area (Å²) in [7, 11) is 0. The second-order valence-electron chi connectivity index (χ2n) is 10.8. The SMILES string of the molecule is CCOC(=O)COc1ccc2ccccc2c1/C=c1\sc2n(c1=O)[C@H](c1ccc3c(c1)OCO3)C(C(=O)OCC)=C(c1ccccc1)N=2. The molecule has 0 amide bonds. The minimum absolute atomic E-state index is 0.0724. The number of hydrogen-bond acceptors (Lipinski definition) is 10. The molecule has 0 unspecified atom stereocenters. The summed E-state index contributed by atoms with van der Waals surface area (Å²) in [5.74, 6) is 0.412. The number of ether oxygens (including phenoxy) is 5. The Labute approximate surface area is 278 Å². The van der Waals surface area contributed by atoms with Gasteiger partial charge in [0.15, 0.2) is 22.9 Å². The molecule has 11 heteroatoms. The molecule has 0 saturated carbocycles. The third kappa shape index (κ3) is 5.73. The fourth-order valence-electron chi connectivity index (χ4n) is 5.86. The van der Waals surface area contributed by atoms with Crippen LogP contribution >= 0.6 is 11.3 Å². The Morgan fingerprint density at radius 1 is 0.938 bits per heavy atom. The average Bonchev–Trinajstić information content (AvgIpc) is 3.71. The van der Waals surface area contributed by atoms with Crippen LogP contribution in [0.15, 0.2) is 100 Å². The second kappa shape index (κ2) is 13.2. The summed E-state index contributed by atoms with van der Waals surface area (Å²) in [6, 6.07) is 25.2. The first-order valence-electron chi connectivity index (χ1n) is 15.4. The van der Waals surface area contributed by atoms with Crippen LogP contribution in [0.5, 0.6) is 17.2 Å². The van der Waals surface area contributed by atoms with Crippen LogP contribution < -0.4 is 29.1 Å². The van der Waals surface area contributed by atoms with Crippen LogP contribution in [0, 0.1) is 0 Å². The lowest BCUT2D eigenvalue weighted by atomic mass is 9.93. The van der Waals surface area contributed by atoms with Crippen LogP contribution in [0.2, 0.25) is 0 Å². The summed E-state index contributed by atoms with van der Waals surface area (Å²) < 4.78 is 29.7. The highest BCUT2D eigenvalue weighted by molar-refractivity contribution is 7.07. The van der Waals surface area contributed by atoms with Crippen LogP contribution in [0.4, 0.5) is 0 Å². The first-order valence-corrected chi connectivity index (χ1v) is 16.3. The van der Waals surface area contributed by atoms with E-state index in [0.29, 0.717) is 49.0 Å². The first-order chi connectivity index (χ1) is 23.5. The van der Waals surface area contributed by atoms with E-state index < -0.39 is 18.0 Å². The van der Waals surface area contributed by atoms with E-state index in [-0.39, 0.29) is 37.7 Å². The van der Waals surface area contributed by atoms with Crippen molar-refractivity contribution in [2.45, 2.75) is 19.9 Å². The molecule has 0 N–H and O–H groups in total. The normalized spacial score (nSPS) is 15.2. The molecule has 242 valence electrons. The molecule has 0 bridgehead atoms. The molecule has 1 aromatic heterocycles. The van der Waals surface area contributed by atoms with E-state index in [4.69, 9.17) is 28.7 Å². The van der Waals surface area contributed by atoms with Gasteiger partial charge in [0.05, 0.1) is 35.1 Å². The maximum atomic E-state index is 14.5. The molecule has 7 rings (SSSR count). The van der Waals surface area contributed by atoms with Crippen molar-refractivity contribution in [1.29, 1.82) is 0 Å². The number of hydrogen-bond donors (Lipinski definition) is 0. The molecule has 0 aliphatic carbocycles. The van der Waals surface area contributed by atoms with Crippen LogP contribution in [0.3, 0.4) is 0 Å². The maximum Gasteiger partial charge on any atom is 0.344 e. The van der Waals surface area contributed by atoms with Gasteiger partial charge in [0.2, 0.25) is 6.79 Å². The molecule has 0 radical (unpaired) electrons. The maximum absolute atomic E-state index is 14.5. The standard InChI is InChI=1S/C37H30N2O8S/c1-3-43-31(40)20-45-27-16-14-22-10-8-9-13-25(22)26(27)19-30-35(41)39-34(24-15-17-28-29(18-24)47-21-46-28)32(36(42)44-4-2)33(38-37(39)48-30)23-11-6-5-7-12-23/h5-19,34H,3-4,20-21H2,1-2H3/b30-19-/t34-/m1/s1. The van der Waals surface area contributed by atoms with Crippen molar-refractivity contribution in [3.63, 3.8) is 0 Å². The van der Waals surface area contributed by atoms with E-state index in [2.05, 4.69) is 0 Å². The fourth-order valence-corrected chi connectivity index (χ4v) is 6.84. The summed E-state index contributed by atoms with van der Waals surface area (Å²) in [5, 5.41) is 1.75. The molecule has 0 saturated heterocycles. The predicted octanol–water partition coefficient (Wildman–Crippen LogP) is 4.76. The largest absolute Gasteiger partial charge is 0.481 e. The number of rotatable bonds is 9. The topological polar surface area (TPSA) is 115 Å². The van der Waals surface area contributed by atoms with Crippen molar-refractivity contribution in [1.82, 2.24) is 4.57 Å². The van der Waals surface area contributed by atoms with Gasteiger partial charge in [-0.1, -0.05) is 78.1 Å². The lowest BCUT2D eigenvalue weighted by Crippen LogP contribution is -2.40. The van der Waals surface area contributed by atoms with Gasteiger partial charge in [-0.3, -0.25) is 9.36 Å². The van der Waals surface area contributed by atoms with E-state index in [1.54, 1.807) is 38.1 Å². The molecule has 48 heavy (non-hydrogen) atoms. The van der Waals surface area contributed by atoms with Crippen LogP contribution in [0.1, 0.15) is 36.6 Å². The molecule has 1 atom stereocenters. The van der Waals surface area contributed by atoms with E-state index >= 15 is 0 Å². The van der Waals surface area contributed by atoms with Crippen LogP contribution in [-0.2, 0) is 19.1 Å². The quantitative estimate of drug-likeness (QED) is 0.208. The third-order valence-corrected chi connectivity index (χ3v) is 8.93. The zero-order chi connectivity index (χ0) is 33.2. The molecule has 4 aromatic carbocycles. The summed E-state index contributed by atoms with van der Waals surface area (Å²) in [5.41, 5.74) is 2.22. The highest BCUT2D eigenvalue weighted by Crippen LogP contribution is 2.40. The fraction of sp³-hybridized carbons (Fsp3) is 0.189. The average molecular weight is 663 g/mol. The number of aromatic nitrogens is 1. The van der Waals surface area contributed by atoms with Gasteiger partial charge in [-0.15, -0.1) is 0 Å². The van der Waals surface area contributed by atoms with Gasteiger partial charge in [0.1, 0.15) is 5.75 Å². The highest BCUT2D eigenvalue weighted by Gasteiger charge is 2.36. The van der Waals surface area contributed by atoms with Crippen molar-refractivity contribution in [3.8, 4) is 17.2 Å². The number of carbonyl (C=O) groups is 2. The van der Waals surface area contributed by atoms with E-state index in [1.807, 2.05) is 66.7 Å². The van der Waals surface area contributed by atoms with Gasteiger partial charge in [-0.2, -0.15) is 0 Å². The highest BCUT2D eigenvalue weighted by atomic mass is 32.1. The lowest BCUT2D eigenvalue weighted by molar-refractivity contribution is -0.145. The molecule has 2 aliphatic rings. The molecular formula is C37H30N2O8S. The van der Waals surface area contributed by atoms with Crippen molar-refractivity contribution >= 4 is 45.8 Å². The molecule has 0 fully saturated rings. The number of fused-ring (bicyclic) bond motifs is 3. The van der Waals surface area contributed by atoms with E-state index in [9.17, 15) is 14.4 Å². The predicted molar refractivity (Wildman–Crippen MR) is 180 cm³/mol. The monoisotopic (exact) mass is 662 g/mol. The summed E-state index contributed by atoms with van der Waals surface area (Å²) in [6.45, 7) is 3.62. The van der Waals surface area contributed by atoms with E-state index in [1.165, 1.54) is 15.9 Å². The molecule has 3 heterocycles.